The largest absolute Gasteiger partial charge is 0.484 e. The van der Waals surface area contributed by atoms with Crippen molar-refractivity contribution in [3.63, 3.8) is 0 Å². The van der Waals surface area contributed by atoms with Gasteiger partial charge in [-0.2, -0.15) is 0 Å². The van der Waals surface area contributed by atoms with Gasteiger partial charge in [-0.3, -0.25) is 4.79 Å². The van der Waals surface area contributed by atoms with Gasteiger partial charge in [0.1, 0.15) is 5.75 Å². The fourth-order valence-corrected chi connectivity index (χ4v) is 2.26. The van der Waals surface area contributed by atoms with Crippen molar-refractivity contribution in [1.82, 2.24) is 10.2 Å². The summed E-state index contributed by atoms with van der Waals surface area (Å²) in [5, 5.41) is 4.03. The number of nitrogens with zero attached hydrogens (tertiary/aromatic N) is 1. The molecule has 0 aromatic heterocycles. The highest BCUT2D eigenvalue weighted by Crippen LogP contribution is 2.15. The van der Waals surface area contributed by atoms with Crippen molar-refractivity contribution >= 4 is 17.5 Å². The minimum atomic E-state index is -0.0105. The lowest BCUT2D eigenvalue weighted by Crippen LogP contribution is -2.40. The summed E-state index contributed by atoms with van der Waals surface area (Å²) in [4.78, 5) is 13.6. The number of likely N-dealkylation sites (N-methyl/N-ethyl adjacent to an activating group) is 1. The van der Waals surface area contributed by atoms with Crippen LogP contribution >= 0.6 is 11.6 Å². The molecule has 0 saturated carbocycles. The van der Waals surface area contributed by atoms with Gasteiger partial charge in [-0.25, -0.2) is 0 Å². The van der Waals surface area contributed by atoms with E-state index in [1.54, 1.807) is 29.2 Å². The van der Waals surface area contributed by atoms with Gasteiger partial charge < -0.3 is 15.0 Å². The first-order valence-corrected chi connectivity index (χ1v) is 6.88. The Kier molecular flexibility index (Phi) is 5.05. The first kappa shape index (κ1) is 14.2. The second kappa shape index (κ2) is 6.78. The average molecular weight is 283 g/mol. The van der Waals surface area contributed by atoms with Gasteiger partial charge in [0.15, 0.2) is 6.61 Å². The molecule has 1 aromatic rings. The smallest absolute Gasteiger partial charge is 0.260 e. The van der Waals surface area contributed by atoms with Crippen LogP contribution in [-0.2, 0) is 4.79 Å². The molecule has 1 saturated heterocycles. The minimum absolute atomic E-state index is 0.0105. The Morgan fingerprint density at radius 1 is 1.47 bits per heavy atom. The summed E-state index contributed by atoms with van der Waals surface area (Å²) in [5.41, 5.74) is 0. The Hall–Kier alpha value is -1.26. The number of carbonyl (C=O) groups excluding carboxylic acids is 1. The van der Waals surface area contributed by atoms with Crippen molar-refractivity contribution in [1.29, 1.82) is 0 Å². The lowest BCUT2D eigenvalue weighted by molar-refractivity contribution is -0.132. The zero-order chi connectivity index (χ0) is 13.7. The number of benzene rings is 1. The van der Waals surface area contributed by atoms with Crippen LogP contribution in [-0.4, -0.2) is 43.6 Å². The molecule has 0 bridgehead atoms. The van der Waals surface area contributed by atoms with E-state index < -0.39 is 0 Å². The van der Waals surface area contributed by atoms with Crippen molar-refractivity contribution in [3.8, 4) is 5.75 Å². The quantitative estimate of drug-likeness (QED) is 0.897. The normalized spacial score (nSPS) is 18.3. The van der Waals surface area contributed by atoms with Crippen LogP contribution in [0.4, 0.5) is 0 Å². The molecule has 0 spiro atoms. The fourth-order valence-electron chi connectivity index (χ4n) is 2.13. The van der Waals surface area contributed by atoms with Crippen LogP contribution in [0, 0.1) is 0 Å². The first-order chi connectivity index (χ1) is 9.15. The average Bonchev–Trinajstić information content (AvgIpc) is 2.90. The summed E-state index contributed by atoms with van der Waals surface area (Å²) >= 11 is 5.78. The van der Waals surface area contributed by atoms with Crippen molar-refractivity contribution in [3.05, 3.63) is 29.3 Å². The Morgan fingerprint density at radius 3 is 2.84 bits per heavy atom. The van der Waals surface area contributed by atoms with E-state index in [1.807, 2.05) is 7.05 Å². The molecular formula is C14H19ClN2O2. The lowest BCUT2D eigenvalue weighted by atomic mass is 10.2. The molecule has 1 N–H and O–H groups in total. The highest BCUT2D eigenvalue weighted by atomic mass is 35.5. The zero-order valence-electron chi connectivity index (χ0n) is 11.1. The summed E-state index contributed by atoms with van der Waals surface area (Å²) in [6, 6.07) is 7.42. The van der Waals surface area contributed by atoms with E-state index in [2.05, 4.69) is 5.32 Å². The molecule has 1 aliphatic rings. The van der Waals surface area contributed by atoms with Gasteiger partial charge in [0.25, 0.3) is 5.91 Å². The van der Waals surface area contributed by atoms with E-state index in [0.717, 1.165) is 19.5 Å². The van der Waals surface area contributed by atoms with Crippen LogP contribution in [0.1, 0.15) is 12.8 Å². The van der Waals surface area contributed by atoms with E-state index in [9.17, 15) is 4.79 Å². The first-order valence-electron chi connectivity index (χ1n) is 6.51. The molecule has 0 aliphatic carbocycles. The summed E-state index contributed by atoms with van der Waals surface area (Å²) < 4.78 is 5.44. The number of amides is 1. The van der Waals surface area contributed by atoms with Crippen LogP contribution in [0.15, 0.2) is 24.3 Å². The van der Waals surface area contributed by atoms with Crippen LogP contribution in [0.5, 0.6) is 5.75 Å². The second-order valence-electron chi connectivity index (χ2n) is 4.81. The molecule has 1 aromatic carbocycles. The SMILES string of the molecule is CN(CC1CCCN1)C(=O)COc1ccc(Cl)cc1. The predicted molar refractivity (Wildman–Crippen MR) is 75.6 cm³/mol. The number of ether oxygens (including phenoxy) is 1. The Bertz CT molecular complexity index is 416. The third-order valence-corrected chi connectivity index (χ3v) is 3.51. The van der Waals surface area contributed by atoms with E-state index in [4.69, 9.17) is 16.3 Å². The Morgan fingerprint density at radius 2 is 2.21 bits per heavy atom. The van der Waals surface area contributed by atoms with Crippen LogP contribution in [0.2, 0.25) is 5.02 Å². The van der Waals surface area contributed by atoms with E-state index >= 15 is 0 Å². The van der Waals surface area contributed by atoms with E-state index in [-0.39, 0.29) is 12.5 Å². The van der Waals surface area contributed by atoms with Gasteiger partial charge in [-0.15, -0.1) is 0 Å². The van der Waals surface area contributed by atoms with Gasteiger partial charge in [0, 0.05) is 24.7 Å². The summed E-state index contributed by atoms with van der Waals surface area (Å²) in [6.07, 6.45) is 2.32. The molecule has 2 rings (SSSR count). The summed E-state index contributed by atoms with van der Waals surface area (Å²) in [5.74, 6) is 0.647. The molecule has 1 unspecified atom stereocenters. The molecule has 1 amide bonds. The maximum Gasteiger partial charge on any atom is 0.260 e. The van der Waals surface area contributed by atoms with Crippen LogP contribution < -0.4 is 10.1 Å². The van der Waals surface area contributed by atoms with Crippen molar-refractivity contribution in [2.75, 3.05) is 26.7 Å². The molecule has 104 valence electrons. The zero-order valence-corrected chi connectivity index (χ0v) is 11.8. The number of rotatable bonds is 5. The molecule has 1 fully saturated rings. The van der Waals surface area contributed by atoms with E-state index in [0.29, 0.717) is 16.8 Å². The molecule has 19 heavy (non-hydrogen) atoms. The highest BCUT2D eigenvalue weighted by molar-refractivity contribution is 6.30. The molecule has 1 heterocycles. The van der Waals surface area contributed by atoms with Gasteiger partial charge in [-0.1, -0.05) is 11.6 Å². The van der Waals surface area contributed by atoms with Gasteiger partial charge >= 0.3 is 0 Å². The third-order valence-electron chi connectivity index (χ3n) is 3.26. The standard InChI is InChI=1S/C14H19ClN2O2/c1-17(9-12-3-2-8-16-12)14(18)10-19-13-6-4-11(15)5-7-13/h4-7,12,16H,2-3,8-10H2,1H3. The number of hydrogen-bond acceptors (Lipinski definition) is 3. The van der Waals surface area contributed by atoms with Crippen LogP contribution in [0.25, 0.3) is 0 Å². The van der Waals surface area contributed by atoms with Gasteiger partial charge in [0.2, 0.25) is 0 Å². The van der Waals surface area contributed by atoms with Crippen molar-refractivity contribution in [2.45, 2.75) is 18.9 Å². The summed E-state index contributed by atoms with van der Waals surface area (Å²) in [6.45, 7) is 1.85. The monoisotopic (exact) mass is 282 g/mol. The molecule has 5 heteroatoms. The van der Waals surface area contributed by atoms with E-state index in [1.165, 1.54) is 6.42 Å². The van der Waals surface area contributed by atoms with Crippen molar-refractivity contribution in [2.24, 2.45) is 0 Å². The Balaban J connectivity index is 1.75. The topological polar surface area (TPSA) is 41.6 Å². The lowest BCUT2D eigenvalue weighted by Gasteiger charge is -2.21. The number of nitrogens with one attached hydrogen (secondary N) is 1. The van der Waals surface area contributed by atoms with Crippen LogP contribution in [0.3, 0.4) is 0 Å². The summed E-state index contributed by atoms with van der Waals surface area (Å²) in [7, 11) is 1.81. The third kappa shape index (κ3) is 4.40. The Labute approximate surface area is 118 Å². The van der Waals surface area contributed by atoms with Crippen molar-refractivity contribution < 1.29 is 9.53 Å². The molecule has 1 aliphatic heterocycles. The number of halogens is 1. The fraction of sp³-hybridized carbons (Fsp3) is 0.500. The minimum Gasteiger partial charge on any atom is -0.484 e. The predicted octanol–water partition coefficient (Wildman–Crippen LogP) is 1.93. The molecular weight excluding hydrogens is 264 g/mol. The number of carbonyl (C=O) groups is 1. The van der Waals surface area contributed by atoms with Gasteiger partial charge in [-0.05, 0) is 43.7 Å². The highest BCUT2D eigenvalue weighted by Gasteiger charge is 2.18. The molecule has 4 nitrogen and oxygen atoms in total. The maximum absolute atomic E-state index is 11.9. The number of hydrogen-bond donors (Lipinski definition) is 1. The van der Waals surface area contributed by atoms with Gasteiger partial charge in [0.05, 0.1) is 0 Å². The maximum atomic E-state index is 11.9. The second-order valence-corrected chi connectivity index (χ2v) is 5.25. The molecule has 1 atom stereocenters. The molecule has 0 radical (unpaired) electrons.